The van der Waals surface area contributed by atoms with Crippen LogP contribution in [0.3, 0.4) is 0 Å². The Morgan fingerprint density at radius 3 is 2.64 bits per heavy atom. The lowest BCUT2D eigenvalue weighted by Crippen LogP contribution is -2.42. The number of hydrogen-bond donors (Lipinski definition) is 1. The molecule has 1 fully saturated rings. The molecule has 28 heavy (non-hydrogen) atoms. The van der Waals surface area contributed by atoms with Gasteiger partial charge in [-0.05, 0) is 32.3 Å². The van der Waals surface area contributed by atoms with E-state index in [4.69, 9.17) is 4.74 Å². The van der Waals surface area contributed by atoms with Crippen LogP contribution in [-0.2, 0) is 14.8 Å². The Labute approximate surface area is 161 Å². The van der Waals surface area contributed by atoms with Crippen molar-refractivity contribution in [2.75, 3.05) is 27.0 Å². The molecule has 1 aromatic heterocycles. The van der Waals surface area contributed by atoms with Gasteiger partial charge in [0.25, 0.3) is 5.91 Å². The summed E-state index contributed by atoms with van der Waals surface area (Å²) in [5, 5.41) is 2.84. The zero-order chi connectivity index (χ0) is 20.9. The molecule has 0 unspecified atom stereocenters. The second kappa shape index (κ2) is 9.05. The van der Waals surface area contributed by atoms with Crippen molar-refractivity contribution in [1.29, 1.82) is 0 Å². The Morgan fingerprint density at radius 1 is 1.39 bits per heavy atom. The monoisotopic (exact) mass is 425 g/mol. The minimum Gasteiger partial charge on any atom is -0.492 e. The minimum absolute atomic E-state index is 0.0177. The van der Waals surface area contributed by atoms with Gasteiger partial charge in [0.15, 0.2) is 0 Å². The number of rotatable bonds is 10. The highest BCUT2D eigenvalue weighted by Gasteiger charge is 2.49. The highest BCUT2D eigenvalue weighted by Crippen LogP contribution is 2.27. The quantitative estimate of drug-likeness (QED) is 0.454. The predicted octanol–water partition coefficient (Wildman–Crippen LogP) is 1.81. The Morgan fingerprint density at radius 2 is 2.07 bits per heavy atom. The summed E-state index contributed by atoms with van der Waals surface area (Å²) >= 11 is 0. The van der Waals surface area contributed by atoms with Gasteiger partial charge in [0, 0.05) is 19.7 Å². The Bertz CT molecular complexity index is 797. The molecule has 1 heterocycles. The van der Waals surface area contributed by atoms with Gasteiger partial charge in [0.05, 0.1) is 24.1 Å². The molecule has 1 aromatic rings. The lowest BCUT2D eigenvalue weighted by Gasteiger charge is -2.22. The maximum absolute atomic E-state index is 12.7. The van der Waals surface area contributed by atoms with E-state index in [1.165, 1.54) is 12.3 Å². The fourth-order valence-electron chi connectivity index (χ4n) is 2.29. The molecule has 0 aromatic carbocycles. The number of carbonyl (C=O) groups is 1. The molecule has 2 rings (SSSR count). The zero-order valence-corrected chi connectivity index (χ0v) is 16.3. The number of aryl methyl sites for hydroxylation is 1. The average molecular weight is 425 g/mol. The van der Waals surface area contributed by atoms with E-state index in [0.29, 0.717) is 11.3 Å². The molecule has 0 bridgehead atoms. The van der Waals surface area contributed by atoms with Gasteiger partial charge < -0.3 is 14.8 Å². The lowest BCUT2D eigenvalue weighted by atomic mass is 10.2. The second-order valence-corrected chi connectivity index (χ2v) is 8.23. The molecular formula is C16H22F3N3O5S. The number of aromatic nitrogens is 1. The van der Waals surface area contributed by atoms with E-state index in [1.807, 2.05) is 0 Å². The number of carbonyl (C=O) groups excluding carboxylic acids is 1. The zero-order valence-electron chi connectivity index (χ0n) is 15.5. The molecule has 0 saturated heterocycles. The number of sulfonamides is 1. The number of nitrogens with zero attached hydrogens (tertiary/aromatic N) is 2. The van der Waals surface area contributed by atoms with Gasteiger partial charge in [0.1, 0.15) is 12.5 Å². The summed E-state index contributed by atoms with van der Waals surface area (Å²) < 4.78 is 71.1. The Kier molecular flexibility index (Phi) is 7.23. The number of alkyl halides is 3. The molecule has 0 aliphatic heterocycles. The second-order valence-electron chi connectivity index (χ2n) is 6.30. The maximum Gasteiger partial charge on any atom is 0.511 e. The third kappa shape index (κ3) is 5.79. The number of methoxy groups -OCH3 is 1. The first-order valence-electron chi connectivity index (χ1n) is 8.52. The van der Waals surface area contributed by atoms with Crippen molar-refractivity contribution in [3.05, 3.63) is 23.5 Å². The fraction of sp³-hybridized carbons (Fsp3) is 0.625. The minimum atomic E-state index is -5.49. The number of pyridine rings is 1. The number of amides is 1. The van der Waals surface area contributed by atoms with Gasteiger partial charge in [-0.1, -0.05) is 0 Å². The van der Waals surface area contributed by atoms with Crippen molar-refractivity contribution in [3.63, 3.8) is 0 Å². The first-order chi connectivity index (χ1) is 13.1. The summed E-state index contributed by atoms with van der Waals surface area (Å²) in [5.74, 6) is 0.00371. The number of nitrogens with one attached hydrogen (secondary N) is 1. The van der Waals surface area contributed by atoms with Crippen LogP contribution >= 0.6 is 0 Å². The van der Waals surface area contributed by atoms with Crippen molar-refractivity contribution in [1.82, 2.24) is 14.6 Å². The molecule has 158 valence electrons. The highest BCUT2D eigenvalue weighted by molar-refractivity contribution is 7.89. The van der Waals surface area contributed by atoms with Crippen LogP contribution in [0.5, 0.6) is 5.75 Å². The molecule has 0 spiro atoms. The Balaban J connectivity index is 1.92. The van der Waals surface area contributed by atoms with Crippen molar-refractivity contribution in [3.8, 4) is 5.75 Å². The third-order valence-electron chi connectivity index (χ3n) is 3.95. The van der Waals surface area contributed by atoms with Crippen molar-refractivity contribution in [2.45, 2.75) is 37.7 Å². The van der Waals surface area contributed by atoms with E-state index in [1.54, 1.807) is 6.92 Å². The molecule has 1 aliphatic carbocycles. The molecular weight excluding hydrogens is 403 g/mol. The van der Waals surface area contributed by atoms with Gasteiger partial charge in [-0.2, -0.15) is 17.5 Å². The molecule has 8 nitrogen and oxygen atoms in total. The highest BCUT2D eigenvalue weighted by atomic mass is 32.2. The van der Waals surface area contributed by atoms with Crippen LogP contribution < -0.4 is 10.1 Å². The van der Waals surface area contributed by atoms with Crippen molar-refractivity contribution < 1.29 is 35.9 Å². The van der Waals surface area contributed by atoms with E-state index >= 15 is 0 Å². The van der Waals surface area contributed by atoms with Crippen molar-refractivity contribution >= 4 is 15.9 Å². The summed E-state index contributed by atoms with van der Waals surface area (Å²) in [6.45, 7) is 0.446. The molecule has 1 amide bonds. The predicted molar refractivity (Wildman–Crippen MR) is 93.1 cm³/mol. The van der Waals surface area contributed by atoms with Gasteiger partial charge >= 0.3 is 15.5 Å². The van der Waals surface area contributed by atoms with Gasteiger partial charge in [0.2, 0.25) is 0 Å². The molecule has 12 heteroatoms. The van der Waals surface area contributed by atoms with Gasteiger partial charge in [-0.25, -0.2) is 8.42 Å². The van der Waals surface area contributed by atoms with Gasteiger partial charge in [-0.15, -0.1) is 0 Å². The standard InChI is InChI=1S/C16H22F3N3O5S/c1-11-14(15(23)21-12-4-5-12)8-13(9-20-11)27-7-3-6-22(10-26-2)28(24,25)16(17,18)19/h8-9,12H,3-7,10H2,1-2H3,(H,21,23). The molecule has 0 atom stereocenters. The first-order valence-corrected chi connectivity index (χ1v) is 9.96. The normalized spacial score (nSPS) is 14.9. The summed E-state index contributed by atoms with van der Waals surface area (Å²) in [5.41, 5.74) is -4.53. The van der Waals surface area contributed by atoms with Gasteiger partial charge in [-0.3, -0.25) is 9.78 Å². The van der Waals surface area contributed by atoms with Crippen LogP contribution in [0.25, 0.3) is 0 Å². The number of hydrogen-bond acceptors (Lipinski definition) is 6. The third-order valence-corrected chi connectivity index (χ3v) is 5.50. The van der Waals surface area contributed by atoms with E-state index in [9.17, 15) is 26.4 Å². The summed E-state index contributed by atoms with van der Waals surface area (Å²) in [7, 11) is -4.39. The van der Waals surface area contributed by atoms with E-state index in [-0.39, 0.29) is 35.0 Å². The number of halogens is 3. The topological polar surface area (TPSA) is 97.8 Å². The van der Waals surface area contributed by atoms with Crippen molar-refractivity contribution in [2.24, 2.45) is 0 Å². The van der Waals surface area contributed by atoms with E-state index in [2.05, 4.69) is 15.0 Å². The average Bonchev–Trinajstić information content (AvgIpc) is 3.41. The van der Waals surface area contributed by atoms with Crippen LogP contribution in [0.1, 0.15) is 35.3 Å². The van der Waals surface area contributed by atoms with Crippen LogP contribution in [0.4, 0.5) is 13.2 Å². The van der Waals surface area contributed by atoms with Crippen LogP contribution in [0.15, 0.2) is 12.3 Å². The maximum atomic E-state index is 12.7. The fourth-order valence-corrected chi connectivity index (χ4v) is 3.20. The summed E-state index contributed by atoms with van der Waals surface area (Å²) in [6, 6.07) is 1.68. The number of ether oxygens (including phenoxy) is 2. The molecule has 1 N–H and O–H groups in total. The van der Waals surface area contributed by atoms with Crippen LogP contribution in [0, 0.1) is 6.92 Å². The molecule has 1 aliphatic rings. The van der Waals surface area contributed by atoms with E-state index in [0.717, 1.165) is 20.0 Å². The Hall–Kier alpha value is -1.92. The van der Waals surface area contributed by atoms with Crippen LogP contribution in [-0.4, -0.2) is 62.2 Å². The molecule has 1 saturated carbocycles. The SMILES string of the molecule is COCN(CCCOc1cnc(C)c(C(=O)NC2CC2)c1)S(=O)(=O)C(F)(F)F. The molecule has 0 radical (unpaired) electrons. The first kappa shape index (κ1) is 22.4. The smallest absolute Gasteiger partial charge is 0.492 e. The summed E-state index contributed by atoms with van der Waals surface area (Å²) in [4.78, 5) is 16.2. The lowest BCUT2D eigenvalue weighted by molar-refractivity contribution is -0.0522. The van der Waals surface area contributed by atoms with Crippen LogP contribution in [0.2, 0.25) is 0 Å². The van der Waals surface area contributed by atoms with E-state index < -0.39 is 28.8 Å². The summed E-state index contributed by atoms with van der Waals surface area (Å²) in [6.07, 6.45) is 3.25. The largest absolute Gasteiger partial charge is 0.511 e.